The molecule has 6 heteroatoms. The fourth-order valence-electron chi connectivity index (χ4n) is 3.25. The molecule has 1 rings (SSSR count). The molecule has 1 aliphatic rings. The van der Waals surface area contributed by atoms with Crippen molar-refractivity contribution in [2.75, 3.05) is 45.8 Å². The number of likely N-dealkylation sites (tertiary alicyclic amines) is 1. The maximum Gasteiger partial charge on any atom is 0.191 e. The Bertz CT molecular complexity index is 319. The van der Waals surface area contributed by atoms with Gasteiger partial charge in [-0.25, -0.2) is 0 Å². The third-order valence-corrected chi connectivity index (χ3v) is 4.43. The van der Waals surface area contributed by atoms with Crippen LogP contribution in [-0.4, -0.2) is 73.7 Å². The van der Waals surface area contributed by atoms with E-state index in [0.29, 0.717) is 12.1 Å². The first kappa shape index (κ1) is 23.9. The second kappa shape index (κ2) is 14.1. The first-order valence-electron chi connectivity index (χ1n) is 9.54. The van der Waals surface area contributed by atoms with Crippen LogP contribution in [0.2, 0.25) is 0 Å². The van der Waals surface area contributed by atoms with E-state index in [9.17, 15) is 0 Å². The molecule has 0 radical (unpaired) electrons. The van der Waals surface area contributed by atoms with Gasteiger partial charge in [-0.3, -0.25) is 9.89 Å². The summed E-state index contributed by atoms with van der Waals surface area (Å²) in [6.07, 6.45) is 3.89. The van der Waals surface area contributed by atoms with E-state index in [1.807, 2.05) is 0 Å². The Labute approximate surface area is 167 Å². The van der Waals surface area contributed by atoms with Crippen LogP contribution in [0.3, 0.4) is 0 Å². The van der Waals surface area contributed by atoms with E-state index in [1.165, 1.54) is 32.5 Å². The number of nitrogens with zero attached hydrogens (tertiary/aromatic N) is 3. The quantitative estimate of drug-likeness (QED) is 0.231. The number of nitrogens with one attached hydrogen (secondary N) is 2. The maximum absolute atomic E-state index is 4.71. The molecule has 0 aliphatic carbocycles. The van der Waals surface area contributed by atoms with E-state index in [0.717, 1.165) is 38.6 Å². The van der Waals surface area contributed by atoms with Crippen molar-refractivity contribution >= 4 is 29.9 Å². The third kappa shape index (κ3) is 10.0. The molecule has 1 heterocycles. The van der Waals surface area contributed by atoms with Crippen molar-refractivity contribution in [2.45, 2.75) is 66.0 Å². The van der Waals surface area contributed by atoms with Gasteiger partial charge < -0.3 is 15.5 Å². The van der Waals surface area contributed by atoms with Crippen LogP contribution in [0.5, 0.6) is 0 Å². The molecule has 0 aromatic heterocycles. The minimum atomic E-state index is 0. The van der Waals surface area contributed by atoms with E-state index in [2.05, 4.69) is 55.1 Å². The lowest BCUT2D eigenvalue weighted by Crippen LogP contribution is -2.45. The van der Waals surface area contributed by atoms with Crippen molar-refractivity contribution in [2.24, 2.45) is 4.99 Å². The number of aliphatic imine (C=N–C) groups is 1. The highest BCUT2D eigenvalue weighted by Gasteiger charge is 2.13. The zero-order valence-electron chi connectivity index (χ0n) is 16.5. The smallest absolute Gasteiger partial charge is 0.191 e. The van der Waals surface area contributed by atoms with Crippen molar-refractivity contribution in [1.29, 1.82) is 0 Å². The zero-order valence-corrected chi connectivity index (χ0v) is 18.8. The molecular formula is C18H40IN5. The fourth-order valence-corrected chi connectivity index (χ4v) is 3.25. The van der Waals surface area contributed by atoms with E-state index in [-0.39, 0.29) is 24.0 Å². The van der Waals surface area contributed by atoms with Gasteiger partial charge in [0.05, 0.1) is 0 Å². The molecule has 1 aliphatic heterocycles. The Morgan fingerprint density at radius 1 is 1.08 bits per heavy atom. The van der Waals surface area contributed by atoms with Crippen LogP contribution in [0.25, 0.3) is 0 Å². The summed E-state index contributed by atoms with van der Waals surface area (Å²) in [5.74, 6) is 0.960. The fraction of sp³-hybridized carbons (Fsp3) is 0.944. The molecule has 1 fully saturated rings. The molecule has 24 heavy (non-hydrogen) atoms. The summed E-state index contributed by atoms with van der Waals surface area (Å²) in [5.41, 5.74) is 0. The van der Waals surface area contributed by atoms with Gasteiger partial charge in [0.25, 0.3) is 0 Å². The van der Waals surface area contributed by atoms with E-state index in [1.54, 1.807) is 0 Å². The molecule has 144 valence electrons. The van der Waals surface area contributed by atoms with E-state index < -0.39 is 0 Å². The molecule has 0 aromatic rings. The largest absolute Gasteiger partial charge is 0.357 e. The van der Waals surface area contributed by atoms with Gasteiger partial charge >= 0.3 is 0 Å². The number of rotatable bonds is 10. The highest BCUT2D eigenvalue weighted by atomic mass is 127. The molecule has 0 spiro atoms. The lowest BCUT2D eigenvalue weighted by molar-refractivity contribution is 0.178. The molecule has 2 N–H and O–H groups in total. The molecule has 5 nitrogen and oxygen atoms in total. The highest BCUT2D eigenvalue weighted by molar-refractivity contribution is 14.0. The predicted molar refractivity (Wildman–Crippen MR) is 117 cm³/mol. The summed E-state index contributed by atoms with van der Waals surface area (Å²) in [5, 5.41) is 6.82. The van der Waals surface area contributed by atoms with E-state index >= 15 is 0 Å². The average molecular weight is 453 g/mol. The highest BCUT2D eigenvalue weighted by Crippen LogP contribution is 2.07. The topological polar surface area (TPSA) is 42.9 Å². The minimum absolute atomic E-state index is 0. The number of hydrogen-bond acceptors (Lipinski definition) is 3. The number of guanidine groups is 1. The first-order chi connectivity index (χ1) is 11.0. The van der Waals surface area contributed by atoms with Crippen LogP contribution in [0.4, 0.5) is 0 Å². The molecule has 0 saturated carbocycles. The predicted octanol–water partition coefficient (Wildman–Crippen LogP) is 2.76. The Balaban J connectivity index is 0.00000529. The van der Waals surface area contributed by atoms with Crippen LogP contribution in [0.15, 0.2) is 4.99 Å². The van der Waals surface area contributed by atoms with Gasteiger partial charge in [0.2, 0.25) is 0 Å². The second-order valence-electron chi connectivity index (χ2n) is 7.02. The molecular weight excluding hydrogens is 413 g/mol. The van der Waals surface area contributed by atoms with Gasteiger partial charge in [-0.1, -0.05) is 0 Å². The van der Waals surface area contributed by atoms with Crippen molar-refractivity contribution < 1.29 is 0 Å². The van der Waals surface area contributed by atoms with Crippen LogP contribution in [-0.2, 0) is 0 Å². The van der Waals surface area contributed by atoms with Gasteiger partial charge in [-0.15, -0.1) is 24.0 Å². The summed E-state index contributed by atoms with van der Waals surface area (Å²) in [7, 11) is 0. The first-order valence-corrected chi connectivity index (χ1v) is 9.54. The summed E-state index contributed by atoms with van der Waals surface area (Å²) in [6, 6.07) is 1.16. The summed E-state index contributed by atoms with van der Waals surface area (Å²) in [6.45, 7) is 18.7. The lowest BCUT2D eigenvalue weighted by Gasteiger charge is -2.30. The summed E-state index contributed by atoms with van der Waals surface area (Å²) >= 11 is 0. The van der Waals surface area contributed by atoms with Gasteiger partial charge in [0.1, 0.15) is 0 Å². The van der Waals surface area contributed by atoms with Crippen molar-refractivity contribution in [1.82, 2.24) is 20.4 Å². The van der Waals surface area contributed by atoms with Gasteiger partial charge in [0.15, 0.2) is 5.96 Å². The molecule has 0 bridgehead atoms. The standard InChI is InChI=1S/C18H39N5.HI/c1-6-19-18(20-10-9-14-22-12-7-8-13-22)21-11-15-23(16(2)3)17(4)5;/h16-17H,6-15H2,1-5H3,(H2,19,20,21);1H. The Hall–Kier alpha value is -0.0800. The molecule has 0 unspecified atom stereocenters. The lowest BCUT2D eigenvalue weighted by atomic mass is 10.2. The van der Waals surface area contributed by atoms with Crippen molar-refractivity contribution in [3.05, 3.63) is 0 Å². The SMILES string of the molecule is CCNC(=NCCCN1CCCC1)NCCN(C(C)C)C(C)C.I. The molecule has 0 amide bonds. The van der Waals surface area contributed by atoms with Crippen LogP contribution in [0, 0.1) is 0 Å². The Morgan fingerprint density at radius 3 is 2.25 bits per heavy atom. The zero-order chi connectivity index (χ0) is 17.1. The minimum Gasteiger partial charge on any atom is -0.357 e. The molecule has 0 atom stereocenters. The van der Waals surface area contributed by atoms with Crippen LogP contribution >= 0.6 is 24.0 Å². The summed E-state index contributed by atoms with van der Waals surface area (Å²) in [4.78, 5) is 9.77. The monoisotopic (exact) mass is 453 g/mol. The normalized spacial score (nSPS) is 16.1. The molecule has 0 aromatic carbocycles. The Kier molecular flexibility index (Phi) is 14.1. The van der Waals surface area contributed by atoms with Crippen LogP contribution in [0.1, 0.15) is 53.9 Å². The number of hydrogen-bond donors (Lipinski definition) is 2. The van der Waals surface area contributed by atoms with Gasteiger partial charge in [-0.2, -0.15) is 0 Å². The van der Waals surface area contributed by atoms with Crippen molar-refractivity contribution in [3.63, 3.8) is 0 Å². The van der Waals surface area contributed by atoms with Crippen LogP contribution < -0.4 is 10.6 Å². The summed E-state index contributed by atoms with van der Waals surface area (Å²) < 4.78 is 0. The second-order valence-corrected chi connectivity index (χ2v) is 7.02. The van der Waals surface area contributed by atoms with E-state index in [4.69, 9.17) is 4.99 Å². The number of halogens is 1. The third-order valence-electron chi connectivity index (χ3n) is 4.43. The van der Waals surface area contributed by atoms with Crippen molar-refractivity contribution in [3.8, 4) is 0 Å². The van der Waals surface area contributed by atoms with Gasteiger partial charge in [0, 0.05) is 38.3 Å². The Morgan fingerprint density at radius 2 is 1.71 bits per heavy atom. The molecule has 1 saturated heterocycles. The maximum atomic E-state index is 4.71. The van der Waals surface area contributed by atoms with Gasteiger partial charge in [-0.05, 0) is 73.5 Å². The average Bonchev–Trinajstić information content (AvgIpc) is 3.00.